The summed E-state index contributed by atoms with van der Waals surface area (Å²) in [5.41, 5.74) is 2.61. The third-order valence-corrected chi connectivity index (χ3v) is 7.18. The van der Waals surface area contributed by atoms with E-state index in [1.807, 2.05) is 12.1 Å². The van der Waals surface area contributed by atoms with Crippen molar-refractivity contribution in [1.82, 2.24) is 9.80 Å². The summed E-state index contributed by atoms with van der Waals surface area (Å²) >= 11 is 0. The Labute approximate surface area is 203 Å². The normalized spacial score (nSPS) is 14.5. The van der Waals surface area contributed by atoms with Crippen molar-refractivity contribution in [2.45, 2.75) is 18.4 Å². The maximum Gasteiger partial charge on any atom is 0.339 e. The molecular formula is C25H25N3O6S. The molecule has 0 aliphatic carbocycles. The minimum atomic E-state index is -4.26. The highest BCUT2D eigenvalue weighted by molar-refractivity contribution is 7.87. The molecule has 0 bridgehead atoms. The van der Waals surface area contributed by atoms with Gasteiger partial charge in [0.25, 0.3) is 11.6 Å². The van der Waals surface area contributed by atoms with E-state index in [4.69, 9.17) is 4.18 Å². The molecule has 0 N–H and O–H groups in total. The Balaban J connectivity index is 1.36. The molecule has 35 heavy (non-hydrogen) atoms. The number of carbonyl (C=O) groups excluding carboxylic acids is 1. The van der Waals surface area contributed by atoms with Gasteiger partial charge in [-0.1, -0.05) is 30.3 Å². The maximum absolute atomic E-state index is 12.9. The lowest BCUT2D eigenvalue weighted by atomic mass is 10.1. The van der Waals surface area contributed by atoms with E-state index in [0.717, 1.165) is 25.7 Å². The molecule has 1 saturated heterocycles. The zero-order valence-corrected chi connectivity index (χ0v) is 20.0. The molecule has 0 unspecified atom stereocenters. The highest BCUT2D eigenvalue weighted by Crippen LogP contribution is 2.23. The van der Waals surface area contributed by atoms with Crippen LogP contribution in [0.25, 0.3) is 0 Å². The van der Waals surface area contributed by atoms with Gasteiger partial charge in [-0.3, -0.25) is 19.8 Å². The van der Waals surface area contributed by atoms with Crippen LogP contribution in [0.15, 0.2) is 77.7 Å². The van der Waals surface area contributed by atoms with E-state index in [0.29, 0.717) is 18.7 Å². The third-order valence-electron chi connectivity index (χ3n) is 5.94. The molecule has 1 aliphatic rings. The van der Waals surface area contributed by atoms with Crippen molar-refractivity contribution in [3.8, 4) is 5.75 Å². The molecule has 0 radical (unpaired) electrons. The summed E-state index contributed by atoms with van der Waals surface area (Å²) in [5.74, 6) is -0.121. The van der Waals surface area contributed by atoms with Gasteiger partial charge >= 0.3 is 10.1 Å². The number of amides is 1. The largest absolute Gasteiger partial charge is 0.379 e. The third kappa shape index (κ3) is 5.84. The molecule has 3 aromatic carbocycles. The zero-order chi connectivity index (χ0) is 25.0. The van der Waals surface area contributed by atoms with Crippen LogP contribution in [0.5, 0.6) is 5.75 Å². The fraction of sp³-hybridized carbons (Fsp3) is 0.240. The second-order valence-electron chi connectivity index (χ2n) is 8.31. The fourth-order valence-corrected chi connectivity index (χ4v) is 4.87. The molecule has 9 nitrogen and oxygen atoms in total. The number of nitro groups is 1. The molecular weight excluding hydrogens is 470 g/mol. The molecule has 0 atom stereocenters. The van der Waals surface area contributed by atoms with E-state index >= 15 is 0 Å². The Morgan fingerprint density at radius 2 is 1.66 bits per heavy atom. The summed E-state index contributed by atoms with van der Waals surface area (Å²) < 4.78 is 30.1. The number of nitrogens with zero attached hydrogens (tertiary/aromatic N) is 3. The van der Waals surface area contributed by atoms with Crippen LogP contribution in [-0.2, 0) is 16.7 Å². The van der Waals surface area contributed by atoms with Crippen LogP contribution < -0.4 is 4.18 Å². The van der Waals surface area contributed by atoms with Gasteiger partial charge < -0.3 is 9.08 Å². The second kappa shape index (κ2) is 10.2. The standard InChI is InChI=1S/C25H25N3O6S/c1-19-5-2-3-6-21(19)18-26-13-15-27(16-14-26)25(29)20-9-11-23(12-10-20)34-35(32,33)24-8-4-7-22(17-24)28(30)31/h2-12,17H,13-16,18H2,1H3. The van der Waals surface area contributed by atoms with Gasteiger partial charge in [-0.25, -0.2) is 0 Å². The minimum Gasteiger partial charge on any atom is -0.379 e. The summed E-state index contributed by atoms with van der Waals surface area (Å²) in [7, 11) is -4.26. The molecule has 1 amide bonds. The SMILES string of the molecule is Cc1ccccc1CN1CCN(C(=O)c2ccc(OS(=O)(=O)c3cccc([N+](=O)[O-])c3)cc2)CC1. The Hall–Kier alpha value is -3.76. The van der Waals surface area contributed by atoms with Crippen LogP contribution in [0.2, 0.25) is 0 Å². The molecule has 1 heterocycles. The van der Waals surface area contributed by atoms with Gasteiger partial charge in [0, 0.05) is 50.4 Å². The quantitative estimate of drug-likeness (QED) is 0.280. The molecule has 1 fully saturated rings. The lowest BCUT2D eigenvalue weighted by Crippen LogP contribution is -2.48. The Morgan fingerprint density at radius 3 is 2.31 bits per heavy atom. The van der Waals surface area contributed by atoms with Crippen molar-refractivity contribution in [2.75, 3.05) is 26.2 Å². The molecule has 0 spiro atoms. The summed E-state index contributed by atoms with van der Waals surface area (Å²) in [5, 5.41) is 10.9. The highest BCUT2D eigenvalue weighted by Gasteiger charge is 2.23. The van der Waals surface area contributed by atoms with Gasteiger partial charge in [-0.2, -0.15) is 8.42 Å². The van der Waals surface area contributed by atoms with E-state index < -0.39 is 15.0 Å². The Morgan fingerprint density at radius 1 is 0.971 bits per heavy atom. The van der Waals surface area contributed by atoms with E-state index in [1.54, 1.807) is 4.90 Å². The predicted molar refractivity (Wildman–Crippen MR) is 130 cm³/mol. The van der Waals surface area contributed by atoms with Crippen molar-refractivity contribution in [3.63, 3.8) is 0 Å². The van der Waals surface area contributed by atoms with Crippen LogP contribution in [0.4, 0.5) is 5.69 Å². The van der Waals surface area contributed by atoms with Crippen LogP contribution in [-0.4, -0.2) is 55.2 Å². The smallest absolute Gasteiger partial charge is 0.339 e. The van der Waals surface area contributed by atoms with E-state index in [-0.39, 0.29) is 22.2 Å². The van der Waals surface area contributed by atoms with Gasteiger partial charge in [-0.15, -0.1) is 0 Å². The van der Waals surface area contributed by atoms with Crippen molar-refractivity contribution in [2.24, 2.45) is 0 Å². The lowest BCUT2D eigenvalue weighted by molar-refractivity contribution is -0.385. The molecule has 10 heteroatoms. The molecule has 4 rings (SSSR count). The zero-order valence-electron chi connectivity index (χ0n) is 19.2. The molecule has 0 saturated carbocycles. The van der Waals surface area contributed by atoms with Crippen molar-refractivity contribution >= 4 is 21.7 Å². The maximum atomic E-state index is 12.9. The predicted octanol–water partition coefficient (Wildman–Crippen LogP) is 3.63. The van der Waals surface area contributed by atoms with E-state index in [2.05, 4.69) is 24.0 Å². The van der Waals surface area contributed by atoms with Crippen LogP contribution in [0, 0.1) is 17.0 Å². The first-order chi connectivity index (χ1) is 16.7. The van der Waals surface area contributed by atoms with Gasteiger partial charge in [0.2, 0.25) is 0 Å². The number of piperazine rings is 1. The number of hydrogen-bond acceptors (Lipinski definition) is 7. The average Bonchev–Trinajstić information content (AvgIpc) is 2.86. The second-order valence-corrected chi connectivity index (χ2v) is 9.86. The summed E-state index contributed by atoms with van der Waals surface area (Å²) in [6.45, 7) is 5.68. The van der Waals surface area contributed by atoms with Crippen molar-refractivity contribution < 1.29 is 22.3 Å². The first-order valence-corrected chi connectivity index (χ1v) is 12.5. The fourth-order valence-electron chi connectivity index (χ4n) is 3.90. The number of rotatable bonds is 7. The number of benzene rings is 3. The first kappa shape index (κ1) is 24.4. The van der Waals surface area contributed by atoms with E-state index in [1.165, 1.54) is 53.6 Å². The monoisotopic (exact) mass is 495 g/mol. The van der Waals surface area contributed by atoms with Gasteiger partial charge in [0.15, 0.2) is 0 Å². The Kier molecular flexibility index (Phi) is 7.13. The summed E-state index contributed by atoms with van der Waals surface area (Å²) in [4.78, 5) is 26.9. The summed E-state index contributed by atoms with van der Waals surface area (Å²) in [6.07, 6.45) is 0. The first-order valence-electron chi connectivity index (χ1n) is 11.1. The van der Waals surface area contributed by atoms with Gasteiger partial charge in [0.05, 0.1) is 4.92 Å². The van der Waals surface area contributed by atoms with Crippen LogP contribution in [0.1, 0.15) is 21.5 Å². The number of hydrogen-bond donors (Lipinski definition) is 0. The highest BCUT2D eigenvalue weighted by atomic mass is 32.2. The molecule has 182 valence electrons. The molecule has 0 aromatic heterocycles. The number of aryl methyl sites for hydroxylation is 1. The van der Waals surface area contributed by atoms with Gasteiger partial charge in [-0.05, 0) is 48.4 Å². The number of carbonyl (C=O) groups is 1. The van der Waals surface area contributed by atoms with E-state index in [9.17, 15) is 23.3 Å². The topological polar surface area (TPSA) is 110 Å². The average molecular weight is 496 g/mol. The van der Waals surface area contributed by atoms with Crippen molar-refractivity contribution in [3.05, 3.63) is 99.6 Å². The lowest BCUT2D eigenvalue weighted by Gasteiger charge is -2.35. The summed E-state index contributed by atoms with van der Waals surface area (Å²) in [6, 6.07) is 18.7. The molecule has 3 aromatic rings. The van der Waals surface area contributed by atoms with Crippen molar-refractivity contribution in [1.29, 1.82) is 0 Å². The van der Waals surface area contributed by atoms with Crippen LogP contribution in [0.3, 0.4) is 0 Å². The minimum absolute atomic E-state index is 0.0103. The number of nitro benzene ring substituents is 1. The Bertz CT molecular complexity index is 1330. The molecule has 1 aliphatic heterocycles. The number of non-ortho nitro benzene ring substituents is 1. The van der Waals surface area contributed by atoms with Gasteiger partial charge in [0.1, 0.15) is 10.6 Å². The van der Waals surface area contributed by atoms with Crippen LogP contribution >= 0.6 is 0 Å².